The largest absolute Gasteiger partial charge is 0.489 e. The summed E-state index contributed by atoms with van der Waals surface area (Å²) in [5.74, 6) is 0.568. The van der Waals surface area contributed by atoms with E-state index in [1.165, 1.54) is 24.3 Å². The Morgan fingerprint density at radius 3 is 2.62 bits per heavy atom. The molecule has 4 aromatic rings. The normalized spacial score (nSPS) is 10.6. The first-order chi connectivity index (χ1) is 16.4. The van der Waals surface area contributed by atoms with E-state index < -0.39 is 4.92 Å². The van der Waals surface area contributed by atoms with Crippen LogP contribution in [0.25, 0.3) is 0 Å². The molecule has 1 amide bonds. The first-order valence-corrected chi connectivity index (χ1v) is 11.3. The monoisotopic (exact) mass is 540 g/mol. The molecule has 0 saturated heterocycles. The van der Waals surface area contributed by atoms with Crippen LogP contribution in [0.1, 0.15) is 21.5 Å². The molecule has 0 saturated carbocycles. The SMILES string of the molecule is O=C(Nc1nn(Cc2ccccc2Cl)cc1Br)c1cccc(COc2ccc([N+](=O)[O-])cc2)c1. The van der Waals surface area contributed by atoms with E-state index in [1.54, 1.807) is 29.1 Å². The van der Waals surface area contributed by atoms with Crippen LogP contribution in [-0.2, 0) is 13.2 Å². The number of nitrogens with one attached hydrogen (secondary N) is 1. The standard InChI is InChI=1S/C24H18BrClN4O4/c25-21-14-29(13-18-5-1-2-7-22(18)26)28-23(21)27-24(31)17-6-3-4-16(12-17)15-34-20-10-8-19(9-11-20)30(32)33/h1-12,14H,13,15H2,(H,27,28,31). The van der Waals surface area contributed by atoms with Gasteiger partial charge in [-0.25, -0.2) is 0 Å². The zero-order valence-electron chi connectivity index (χ0n) is 17.7. The van der Waals surface area contributed by atoms with Gasteiger partial charge in [-0.2, -0.15) is 5.10 Å². The first kappa shape index (κ1) is 23.5. The van der Waals surface area contributed by atoms with Crippen LogP contribution >= 0.6 is 27.5 Å². The molecule has 0 spiro atoms. The predicted molar refractivity (Wildman–Crippen MR) is 132 cm³/mol. The maximum Gasteiger partial charge on any atom is 0.269 e. The molecule has 0 unspecified atom stereocenters. The molecule has 0 aliphatic heterocycles. The second-order valence-electron chi connectivity index (χ2n) is 7.31. The van der Waals surface area contributed by atoms with Gasteiger partial charge in [-0.3, -0.25) is 19.6 Å². The Morgan fingerprint density at radius 1 is 1.12 bits per heavy atom. The fourth-order valence-electron chi connectivity index (χ4n) is 3.18. The number of nitro groups is 1. The number of hydrogen-bond donors (Lipinski definition) is 1. The highest BCUT2D eigenvalue weighted by Gasteiger charge is 2.14. The van der Waals surface area contributed by atoms with Crippen LogP contribution in [0, 0.1) is 10.1 Å². The van der Waals surface area contributed by atoms with Gasteiger partial charge in [0.1, 0.15) is 12.4 Å². The summed E-state index contributed by atoms with van der Waals surface area (Å²) in [6, 6.07) is 20.3. The number of halogens is 2. The molecule has 3 aromatic carbocycles. The number of aromatic nitrogens is 2. The highest BCUT2D eigenvalue weighted by molar-refractivity contribution is 9.10. The lowest BCUT2D eigenvalue weighted by molar-refractivity contribution is -0.384. The van der Waals surface area contributed by atoms with Crippen molar-refractivity contribution in [1.29, 1.82) is 0 Å². The third-order valence-electron chi connectivity index (χ3n) is 4.88. The molecule has 0 bridgehead atoms. The van der Waals surface area contributed by atoms with E-state index in [4.69, 9.17) is 16.3 Å². The number of carbonyl (C=O) groups is 1. The summed E-state index contributed by atoms with van der Waals surface area (Å²) >= 11 is 9.66. The topological polar surface area (TPSA) is 99.3 Å². The summed E-state index contributed by atoms with van der Waals surface area (Å²) in [6.45, 7) is 0.665. The molecular weight excluding hydrogens is 524 g/mol. The van der Waals surface area contributed by atoms with Crippen LogP contribution in [0.2, 0.25) is 5.02 Å². The van der Waals surface area contributed by atoms with E-state index in [2.05, 4.69) is 26.3 Å². The Kier molecular flexibility index (Phi) is 7.24. The van der Waals surface area contributed by atoms with Crippen molar-refractivity contribution in [3.8, 4) is 5.75 Å². The Bertz CT molecular complexity index is 1340. The van der Waals surface area contributed by atoms with Gasteiger partial charge >= 0.3 is 0 Å². The summed E-state index contributed by atoms with van der Waals surface area (Å²) in [7, 11) is 0. The number of non-ortho nitro benzene ring substituents is 1. The molecular formula is C24H18BrClN4O4. The molecule has 0 aliphatic carbocycles. The molecule has 4 rings (SSSR count). The number of anilines is 1. The highest BCUT2D eigenvalue weighted by Crippen LogP contribution is 2.24. The minimum Gasteiger partial charge on any atom is -0.489 e. The van der Waals surface area contributed by atoms with Gasteiger partial charge in [-0.1, -0.05) is 41.9 Å². The van der Waals surface area contributed by atoms with Crippen LogP contribution in [0.15, 0.2) is 83.5 Å². The number of ether oxygens (including phenoxy) is 1. The molecule has 8 nitrogen and oxygen atoms in total. The Morgan fingerprint density at radius 2 is 1.88 bits per heavy atom. The van der Waals surface area contributed by atoms with Crippen molar-refractivity contribution in [2.24, 2.45) is 0 Å². The number of carbonyl (C=O) groups excluding carboxylic acids is 1. The number of benzene rings is 3. The molecule has 10 heteroatoms. The van der Waals surface area contributed by atoms with E-state index in [1.807, 2.05) is 30.3 Å². The fraction of sp³-hybridized carbons (Fsp3) is 0.0833. The summed E-state index contributed by atoms with van der Waals surface area (Å²) in [5.41, 5.74) is 2.12. The van der Waals surface area contributed by atoms with Gasteiger partial charge in [0.05, 0.1) is 15.9 Å². The van der Waals surface area contributed by atoms with Crippen LogP contribution in [-0.4, -0.2) is 20.6 Å². The number of nitro benzene ring substituents is 1. The number of rotatable bonds is 8. The van der Waals surface area contributed by atoms with Crippen molar-refractivity contribution in [2.75, 3.05) is 5.32 Å². The highest BCUT2D eigenvalue weighted by atomic mass is 79.9. The fourth-order valence-corrected chi connectivity index (χ4v) is 3.79. The third-order valence-corrected chi connectivity index (χ3v) is 5.83. The van der Waals surface area contributed by atoms with Gasteiger partial charge in [0.15, 0.2) is 5.82 Å². The van der Waals surface area contributed by atoms with Gasteiger partial charge in [0.2, 0.25) is 0 Å². The van der Waals surface area contributed by atoms with Crippen molar-refractivity contribution in [2.45, 2.75) is 13.2 Å². The lowest BCUT2D eigenvalue weighted by Gasteiger charge is -2.08. The van der Waals surface area contributed by atoms with E-state index in [0.717, 1.165) is 11.1 Å². The minimum atomic E-state index is -0.468. The maximum atomic E-state index is 12.8. The summed E-state index contributed by atoms with van der Waals surface area (Å²) in [4.78, 5) is 23.1. The molecule has 34 heavy (non-hydrogen) atoms. The predicted octanol–water partition coefficient (Wildman–Crippen LogP) is 6.09. The molecule has 1 N–H and O–H groups in total. The van der Waals surface area contributed by atoms with Gasteiger partial charge in [-0.05, 0) is 57.4 Å². The Balaban J connectivity index is 1.40. The summed E-state index contributed by atoms with van der Waals surface area (Å²) in [5, 5.41) is 18.6. The molecule has 1 aromatic heterocycles. The van der Waals surface area contributed by atoms with E-state index in [9.17, 15) is 14.9 Å². The van der Waals surface area contributed by atoms with Gasteiger partial charge in [0, 0.05) is 28.9 Å². The summed E-state index contributed by atoms with van der Waals surface area (Å²) < 4.78 is 8.01. The van der Waals surface area contributed by atoms with Crippen LogP contribution in [0.5, 0.6) is 5.75 Å². The Hall–Kier alpha value is -3.69. The number of hydrogen-bond acceptors (Lipinski definition) is 5. The average molecular weight is 542 g/mol. The van der Waals surface area contributed by atoms with Gasteiger partial charge in [0.25, 0.3) is 11.6 Å². The zero-order chi connectivity index (χ0) is 24.1. The maximum absolute atomic E-state index is 12.8. The van der Waals surface area contributed by atoms with Crippen molar-refractivity contribution < 1.29 is 14.5 Å². The molecule has 172 valence electrons. The number of amides is 1. The van der Waals surface area contributed by atoms with Crippen molar-refractivity contribution in [3.63, 3.8) is 0 Å². The molecule has 0 fully saturated rings. The molecule has 0 atom stereocenters. The third kappa shape index (κ3) is 5.81. The van der Waals surface area contributed by atoms with Crippen LogP contribution in [0.4, 0.5) is 11.5 Å². The molecule has 1 heterocycles. The second kappa shape index (κ2) is 10.5. The van der Waals surface area contributed by atoms with E-state index >= 15 is 0 Å². The van der Waals surface area contributed by atoms with Crippen LogP contribution < -0.4 is 10.1 Å². The Labute approximate surface area is 208 Å². The van der Waals surface area contributed by atoms with E-state index in [-0.39, 0.29) is 18.2 Å². The smallest absolute Gasteiger partial charge is 0.269 e. The van der Waals surface area contributed by atoms with Crippen molar-refractivity contribution in [3.05, 3.63) is 115 Å². The quantitative estimate of drug-likeness (QED) is 0.215. The second-order valence-corrected chi connectivity index (χ2v) is 8.57. The van der Waals surface area contributed by atoms with Gasteiger partial charge < -0.3 is 10.1 Å². The van der Waals surface area contributed by atoms with Crippen LogP contribution in [0.3, 0.4) is 0 Å². The molecule has 0 radical (unpaired) electrons. The lowest BCUT2D eigenvalue weighted by atomic mass is 10.1. The number of nitrogens with zero attached hydrogens (tertiary/aromatic N) is 3. The lowest BCUT2D eigenvalue weighted by Crippen LogP contribution is -2.13. The van der Waals surface area contributed by atoms with E-state index in [0.29, 0.717) is 33.2 Å². The van der Waals surface area contributed by atoms with Crippen molar-refractivity contribution >= 4 is 44.9 Å². The minimum absolute atomic E-state index is 0.00788. The van der Waals surface area contributed by atoms with Gasteiger partial charge in [-0.15, -0.1) is 0 Å². The summed E-state index contributed by atoms with van der Waals surface area (Å²) in [6.07, 6.45) is 1.77. The van der Waals surface area contributed by atoms with Crippen molar-refractivity contribution in [1.82, 2.24) is 9.78 Å². The first-order valence-electron chi connectivity index (χ1n) is 10.1. The zero-order valence-corrected chi connectivity index (χ0v) is 20.0. The average Bonchev–Trinajstić information content (AvgIpc) is 3.18. The molecule has 0 aliphatic rings.